The molecule has 2 aromatic heterocycles. The van der Waals surface area contributed by atoms with Crippen LogP contribution in [0.25, 0.3) is 22.4 Å². The van der Waals surface area contributed by atoms with Gasteiger partial charge in [0.2, 0.25) is 5.82 Å². The highest BCUT2D eigenvalue weighted by Crippen LogP contribution is 2.27. The molecular formula is C11H9N5O. The zero-order valence-electron chi connectivity index (χ0n) is 9.08. The third-order valence-corrected chi connectivity index (χ3v) is 2.47. The highest BCUT2D eigenvalue weighted by atomic mass is 16.5. The first kappa shape index (κ1) is 9.71. The molecule has 0 unspecified atom stereocenters. The maximum absolute atomic E-state index is 5.34. The lowest BCUT2D eigenvalue weighted by molar-refractivity contribution is 0.419. The van der Waals surface area contributed by atoms with E-state index in [2.05, 4.69) is 25.6 Å². The molecule has 0 fully saturated rings. The molecule has 0 amide bonds. The van der Waals surface area contributed by atoms with Crippen molar-refractivity contribution in [1.29, 1.82) is 0 Å². The first-order valence-electron chi connectivity index (χ1n) is 5.06. The number of H-pyrrole nitrogens is 1. The van der Waals surface area contributed by atoms with E-state index in [0.29, 0.717) is 11.5 Å². The zero-order chi connectivity index (χ0) is 11.7. The van der Waals surface area contributed by atoms with Crippen molar-refractivity contribution in [3.05, 3.63) is 30.3 Å². The van der Waals surface area contributed by atoms with Crippen LogP contribution in [0, 0.1) is 0 Å². The van der Waals surface area contributed by atoms with E-state index in [-0.39, 0.29) is 0 Å². The molecule has 0 spiro atoms. The molecule has 6 nitrogen and oxygen atoms in total. The molecule has 1 aromatic carbocycles. The van der Waals surface area contributed by atoms with Crippen molar-refractivity contribution < 1.29 is 4.74 Å². The predicted octanol–water partition coefficient (Wildman–Crippen LogP) is 1.42. The maximum Gasteiger partial charge on any atom is 0.223 e. The highest BCUT2D eigenvalue weighted by molar-refractivity contribution is 5.87. The summed E-state index contributed by atoms with van der Waals surface area (Å²) in [5.74, 6) is 1.20. The molecule has 1 N–H and O–H groups in total. The largest absolute Gasteiger partial charge is 0.496 e. The zero-order valence-corrected chi connectivity index (χ0v) is 9.08. The standard InChI is InChI=1S/C11H9N5O/c1-17-10-6-9(11-13-15-16-14-11)12-8-5-3-2-4-7(8)10/h2-6H,1H3,(H,13,14,15,16). The van der Waals surface area contributed by atoms with E-state index in [1.54, 1.807) is 13.2 Å². The summed E-state index contributed by atoms with van der Waals surface area (Å²) >= 11 is 0. The van der Waals surface area contributed by atoms with Crippen LogP contribution in [0.15, 0.2) is 30.3 Å². The van der Waals surface area contributed by atoms with Gasteiger partial charge in [-0.3, -0.25) is 0 Å². The summed E-state index contributed by atoms with van der Waals surface area (Å²) in [6.07, 6.45) is 0. The van der Waals surface area contributed by atoms with Crippen molar-refractivity contribution in [3.8, 4) is 17.3 Å². The van der Waals surface area contributed by atoms with E-state index < -0.39 is 0 Å². The quantitative estimate of drug-likeness (QED) is 0.716. The van der Waals surface area contributed by atoms with Gasteiger partial charge in [-0.05, 0) is 17.3 Å². The van der Waals surface area contributed by atoms with Gasteiger partial charge in [-0.25, -0.2) is 4.98 Å². The van der Waals surface area contributed by atoms with Gasteiger partial charge < -0.3 is 4.74 Å². The molecule has 0 radical (unpaired) electrons. The monoisotopic (exact) mass is 227 g/mol. The molecule has 0 saturated heterocycles. The van der Waals surface area contributed by atoms with Crippen LogP contribution >= 0.6 is 0 Å². The Morgan fingerprint density at radius 2 is 2.12 bits per heavy atom. The van der Waals surface area contributed by atoms with Gasteiger partial charge in [0.05, 0.1) is 12.6 Å². The minimum absolute atomic E-state index is 0.453. The summed E-state index contributed by atoms with van der Waals surface area (Å²) in [4.78, 5) is 4.46. The molecule has 0 atom stereocenters. The summed E-state index contributed by atoms with van der Waals surface area (Å²) in [5, 5.41) is 14.7. The number of benzene rings is 1. The third-order valence-electron chi connectivity index (χ3n) is 2.47. The van der Waals surface area contributed by atoms with E-state index in [1.165, 1.54) is 0 Å². The minimum atomic E-state index is 0.453. The van der Waals surface area contributed by atoms with Crippen LogP contribution in [0.1, 0.15) is 0 Å². The number of nitrogens with zero attached hydrogens (tertiary/aromatic N) is 4. The molecule has 0 aliphatic rings. The number of nitrogens with one attached hydrogen (secondary N) is 1. The average Bonchev–Trinajstić information content (AvgIpc) is 2.91. The number of aromatic amines is 1. The van der Waals surface area contributed by atoms with Gasteiger partial charge in [0, 0.05) is 11.5 Å². The first-order valence-corrected chi connectivity index (χ1v) is 5.06. The second kappa shape index (κ2) is 3.82. The Hall–Kier alpha value is -2.50. The van der Waals surface area contributed by atoms with Crippen LogP contribution in [0.3, 0.4) is 0 Å². The van der Waals surface area contributed by atoms with Gasteiger partial charge in [0.1, 0.15) is 11.4 Å². The molecule has 0 bridgehead atoms. The van der Waals surface area contributed by atoms with Gasteiger partial charge in [0.15, 0.2) is 0 Å². The maximum atomic E-state index is 5.34. The number of pyridine rings is 1. The molecule has 0 aliphatic heterocycles. The number of methoxy groups -OCH3 is 1. The normalized spacial score (nSPS) is 10.6. The van der Waals surface area contributed by atoms with Crippen LogP contribution in [0.4, 0.5) is 0 Å². The van der Waals surface area contributed by atoms with Crippen molar-refractivity contribution in [1.82, 2.24) is 25.6 Å². The van der Waals surface area contributed by atoms with Gasteiger partial charge in [0.25, 0.3) is 0 Å². The Labute approximate surface area is 96.6 Å². The number of hydrogen-bond acceptors (Lipinski definition) is 5. The summed E-state index contributed by atoms with van der Waals surface area (Å²) in [7, 11) is 1.63. The molecule has 6 heteroatoms. The fraction of sp³-hybridized carbons (Fsp3) is 0.0909. The van der Waals surface area contributed by atoms with Crippen molar-refractivity contribution in [3.63, 3.8) is 0 Å². The van der Waals surface area contributed by atoms with E-state index in [0.717, 1.165) is 16.7 Å². The topological polar surface area (TPSA) is 76.6 Å². The van der Waals surface area contributed by atoms with E-state index in [1.807, 2.05) is 24.3 Å². The Morgan fingerprint density at radius 3 is 2.88 bits per heavy atom. The fourth-order valence-corrected chi connectivity index (χ4v) is 1.70. The van der Waals surface area contributed by atoms with E-state index >= 15 is 0 Å². The van der Waals surface area contributed by atoms with Gasteiger partial charge in [-0.15, -0.1) is 10.2 Å². The second-order valence-corrected chi connectivity index (χ2v) is 3.46. The molecule has 3 aromatic rings. The lowest BCUT2D eigenvalue weighted by atomic mass is 10.2. The third kappa shape index (κ3) is 1.59. The van der Waals surface area contributed by atoms with Gasteiger partial charge in [-0.2, -0.15) is 5.21 Å². The highest BCUT2D eigenvalue weighted by Gasteiger charge is 2.10. The lowest BCUT2D eigenvalue weighted by Gasteiger charge is -2.06. The summed E-state index contributed by atoms with van der Waals surface area (Å²) in [6.45, 7) is 0. The van der Waals surface area contributed by atoms with Gasteiger partial charge >= 0.3 is 0 Å². The smallest absolute Gasteiger partial charge is 0.223 e. The summed E-state index contributed by atoms with van der Waals surface area (Å²) in [5.41, 5.74) is 1.47. The number of hydrogen-bond donors (Lipinski definition) is 1. The fourth-order valence-electron chi connectivity index (χ4n) is 1.70. The van der Waals surface area contributed by atoms with Crippen LogP contribution in [-0.4, -0.2) is 32.7 Å². The van der Waals surface area contributed by atoms with E-state index in [9.17, 15) is 0 Å². The Kier molecular flexibility index (Phi) is 2.18. The number of fused-ring (bicyclic) bond motifs is 1. The van der Waals surface area contributed by atoms with Crippen molar-refractivity contribution in [2.75, 3.05) is 7.11 Å². The second-order valence-electron chi connectivity index (χ2n) is 3.46. The first-order chi connectivity index (χ1) is 8.38. The number of rotatable bonds is 2. The number of aromatic nitrogens is 5. The Balaban J connectivity index is 2.28. The average molecular weight is 227 g/mol. The summed E-state index contributed by atoms with van der Waals surface area (Å²) in [6, 6.07) is 9.55. The molecule has 17 heavy (non-hydrogen) atoms. The molecule has 3 rings (SSSR count). The molecule has 0 saturated carbocycles. The molecular weight excluding hydrogens is 218 g/mol. The molecule has 2 heterocycles. The van der Waals surface area contributed by atoms with Crippen LogP contribution in [0.2, 0.25) is 0 Å². The number of para-hydroxylation sites is 1. The van der Waals surface area contributed by atoms with Crippen molar-refractivity contribution in [2.24, 2.45) is 0 Å². The summed E-state index contributed by atoms with van der Waals surface area (Å²) < 4.78 is 5.34. The van der Waals surface area contributed by atoms with Crippen LogP contribution in [-0.2, 0) is 0 Å². The predicted molar refractivity (Wildman–Crippen MR) is 61.5 cm³/mol. The molecule has 0 aliphatic carbocycles. The van der Waals surface area contributed by atoms with Crippen LogP contribution < -0.4 is 4.74 Å². The number of ether oxygens (including phenoxy) is 1. The molecule has 84 valence electrons. The van der Waals surface area contributed by atoms with Crippen LogP contribution in [0.5, 0.6) is 5.75 Å². The van der Waals surface area contributed by atoms with Crippen molar-refractivity contribution in [2.45, 2.75) is 0 Å². The number of tetrazole rings is 1. The van der Waals surface area contributed by atoms with Gasteiger partial charge in [-0.1, -0.05) is 12.1 Å². The Bertz CT molecular complexity index is 650. The van der Waals surface area contributed by atoms with Crippen molar-refractivity contribution >= 4 is 10.9 Å². The SMILES string of the molecule is COc1cc(-c2nn[nH]n2)nc2ccccc12. The van der Waals surface area contributed by atoms with E-state index in [4.69, 9.17) is 4.74 Å². The lowest BCUT2D eigenvalue weighted by Crippen LogP contribution is -1.92. The Morgan fingerprint density at radius 1 is 1.24 bits per heavy atom. The minimum Gasteiger partial charge on any atom is -0.496 e.